The zero-order valence-corrected chi connectivity index (χ0v) is 14.5. The molecule has 1 saturated heterocycles. The normalized spacial score (nSPS) is 21.5. The van der Waals surface area contributed by atoms with E-state index < -0.39 is 11.6 Å². The molecule has 4 rings (SSSR count). The first-order valence-corrected chi connectivity index (χ1v) is 8.78. The first-order chi connectivity index (χ1) is 12.0. The number of carbonyl (C=O) groups excluding carboxylic acids is 1. The molecule has 2 aromatic rings. The van der Waals surface area contributed by atoms with Gasteiger partial charge in [0.05, 0.1) is 17.8 Å². The number of ether oxygens (including phenoxy) is 1. The van der Waals surface area contributed by atoms with Gasteiger partial charge in [-0.3, -0.25) is 9.20 Å². The van der Waals surface area contributed by atoms with Crippen LogP contribution in [0, 0.1) is 5.82 Å². The van der Waals surface area contributed by atoms with Crippen LogP contribution in [0.1, 0.15) is 44.1 Å². The van der Waals surface area contributed by atoms with Crippen molar-refractivity contribution in [1.82, 2.24) is 20.0 Å². The Morgan fingerprint density at radius 1 is 1.48 bits per heavy atom. The van der Waals surface area contributed by atoms with E-state index in [0.717, 1.165) is 25.1 Å². The molecule has 0 radical (unpaired) electrons. The Kier molecular flexibility index (Phi) is 4.00. The first-order valence-electron chi connectivity index (χ1n) is 8.78. The molecule has 2 fully saturated rings. The molecule has 0 unspecified atom stereocenters. The van der Waals surface area contributed by atoms with Crippen LogP contribution in [0.3, 0.4) is 0 Å². The molecule has 2 aromatic heterocycles. The lowest BCUT2D eigenvalue weighted by molar-refractivity contribution is -0.136. The van der Waals surface area contributed by atoms with Gasteiger partial charge in [0.1, 0.15) is 23.3 Å². The maximum atomic E-state index is 14.4. The zero-order chi connectivity index (χ0) is 17.6. The second-order valence-corrected chi connectivity index (χ2v) is 7.35. The summed E-state index contributed by atoms with van der Waals surface area (Å²) < 4.78 is 21.7. The number of imidazole rings is 1. The van der Waals surface area contributed by atoms with Crippen LogP contribution in [0.4, 0.5) is 4.39 Å². The summed E-state index contributed by atoms with van der Waals surface area (Å²) in [7, 11) is 0. The molecule has 1 atom stereocenters. The fourth-order valence-electron chi connectivity index (χ4n) is 3.39. The number of amides is 1. The van der Waals surface area contributed by atoms with Crippen molar-refractivity contribution in [3.05, 3.63) is 35.7 Å². The van der Waals surface area contributed by atoms with E-state index in [4.69, 9.17) is 9.72 Å². The molecular formula is C18H23FN4O2. The van der Waals surface area contributed by atoms with Crippen molar-refractivity contribution in [3.8, 4) is 0 Å². The second-order valence-electron chi connectivity index (χ2n) is 7.35. The molecule has 134 valence electrons. The summed E-state index contributed by atoms with van der Waals surface area (Å²) in [6.07, 6.45) is 3.36. The maximum absolute atomic E-state index is 14.4. The average Bonchev–Trinajstić information content (AvgIpc) is 3.35. The molecule has 3 heterocycles. The molecule has 7 heteroatoms. The highest BCUT2D eigenvalue weighted by Crippen LogP contribution is 2.43. The Hall–Kier alpha value is -1.99. The summed E-state index contributed by atoms with van der Waals surface area (Å²) in [4.78, 5) is 17.3. The number of rotatable bonds is 4. The van der Waals surface area contributed by atoms with Crippen molar-refractivity contribution < 1.29 is 13.9 Å². The van der Waals surface area contributed by atoms with E-state index in [1.54, 1.807) is 16.7 Å². The molecule has 1 aliphatic heterocycles. The fourth-order valence-corrected chi connectivity index (χ4v) is 3.39. The molecule has 6 nitrogen and oxygen atoms in total. The number of carbonyl (C=O) groups is 1. The first kappa shape index (κ1) is 16.5. The molecule has 2 N–H and O–H groups in total. The average molecular weight is 346 g/mol. The van der Waals surface area contributed by atoms with Gasteiger partial charge < -0.3 is 15.4 Å². The third-order valence-electron chi connectivity index (χ3n) is 4.82. The van der Waals surface area contributed by atoms with Gasteiger partial charge in [-0.2, -0.15) is 0 Å². The Bertz CT molecular complexity index is 807. The number of pyridine rings is 1. The van der Waals surface area contributed by atoms with E-state index in [2.05, 4.69) is 10.6 Å². The minimum absolute atomic E-state index is 0.182. The molecule has 1 amide bonds. The van der Waals surface area contributed by atoms with E-state index in [9.17, 15) is 9.18 Å². The number of fused-ring (bicyclic) bond motifs is 1. The summed E-state index contributed by atoms with van der Waals surface area (Å²) in [6, 6.07) is 3.12. The molecule has 0 aromatic carbocycles. The topological polar surface area (TPSA) is 67.7 Å². The number of morpholine rings is 1. The van der Waals surface area contributed by atoms with Crippen molar-refractivity contribution in [2.45, 2.75) is 44.2 Å². The van der Waals surface area contributed by atoms with Crippen molar-refractivity contribution in [3.63, 3.8) is 0 Å². The largest absolute Gasteiger partial charge is 0.366 e. The van der Waals surface area contributed by atoms with Crippen LogP contribution >= 0.6 is 0 Å². The van der Waals surface area contributed by atoms with Crippen LogP contribution in [-0.2, 0) is 15.1 Å². The van der Waals surface area contributed by atoms with Crippen LogP contribution < -0.4 is 10.6 Å². The minimum Gasteiger partial charge on any atom is -0.366 e. The van der Waals surface area contributed by atoms with Crippen molar-refractivity contribution >= 4 is 11.4 Å². The number of hydrogen-bond acceptors (Lipinski definition) is 4. The molecule has 2 aliphatic rings. The van der Waals surface area contributed by atoms with Crippen LogP contribution in [0.15, 0.2) is 18.3 Å². The summed E-state index contributed by atoms with van der Waals surface area (Å²) in [5.41, 5.74) is 0.575. The summed E-state index contributed by atoms with van der Waals surface area (Å²) in [5.74, 6) is 0.502. The van der Waals surface area contributed by atoms with Gasteiger partial charge in [0.25, 0.3) is 5.91 Å². The van der Waals surface area contributed by atoms with E-state index >= 15 is 0 Å². The Morgan fingerprint density at radius 3 is 2.96 bits per heavy atom. The smallest absolute Gasteiger partial charge is 0.251 e. The van der Waals surface area contributed by atoms with E-state index in [0.29, 0.717) is 30.4 Å². The van der Waals surface area contributed by atoms with Crippen molar-refractivity contribution in [1.29, 1.82) is 0 Å². The third-order valence-corrected chi connectivity index (χ3v) is 4.82. The van der Waals surface area contributed by atoms with Gasteiger partial charge in [-0.25, -0.2) is 9.37 Å². The third kappa shape index (κ3) is 3.02. The van der Waals surface area contributed by atoms with E-state index in [1.165, 1.54) is 6.07 Å². The Morgan fingerprint density at radius 2 is 2.28 bits per heavy atom. The van der Waals surface area contributed by atoms with Gasteiger partial charge >= 0.3 is 0 Å². The van der Waals surface area contributed by atoms with Gasteiger partial charge in [-0.15, -0.1) is 0 Å². The zero-order valence-electron chi connectivity index (χ0n) is 14.5. The Labute approximate surface area is 145 Å². The lowest BCUT2D eigenvalue weighted by Crippen LogP contribution is -2.52. The number of nitrogens with one attached hydrogen (secondary N) is 2. The van der Waals surface area contributed by atoms with Crippen LogP contribution in [0.5, 0.6) is 0 Å². The summed E-state index contributed by atoms with van der Waals surface area (Å²) in [5, 5.41) is 6.17. The summed E-state index contributed by atoms with van der Waals surface area (Å²) in [6.45, 7) is 5.53. The molecular weight excluding hydrogens is 323 g/mol. The Balaban J connectivity index is 1.67. The SMILES string of the molecule is CC(C)(NC(=O)[C@@H]1CNCCO1)c1nc(C2CC2)c2c(F)cccn12. The second kappa shape index (κ2) is 6.07. The standard InChI is InChI=1S/C18H23FN4O2/c1-18(2,22-16(24)13-10-20-7-9-25-13)17-21-14(11-5-6-11)15-12(19)4-3-8-23(15)17/h3-4,8,11,13,20H,5-7,9-10H2,1-2H3,(H,22,24)/t13-/m0/s1. The molecule has 25 heavy (non-hydrogen) atoms. The number of aromatic nitrogens is 2. The number of hydrogen-bond donors (Lipinski definition) is 2. The van der Waals surface area contributed by atoms with Gasteiger partial charge in [0, 0.05) is 25.2 Å². The number of halogens is 1. The molecule has 1 aliphatic carbocycles. The number of nitrogens with zero attached hydrogens (tertiary/aromatic N) is 2. The van der Waals surface area contributed by atoms with Crippen LogP contribution in [-0.4, -0.2) is 41.1 Å². The van der Waals surface area contributed by atoms with E-state index in [-0.39, 0.29) is 11.7 Å². The van der Waals surface area contributed by atoms with Gasteiger partial charge in [0.2, 0.25) is 0 Å². The van der Waals surface area contributed by atoms with Gasteiger partial charge in [-0.1, -0.05) is 0 Å². The fraction of sp³-hybridized carbons (Fsp3) is 0.556. The highest BCUT2D eigenvalue weighted by atomic mass is 19.1. The molecule has 1 saturated carbocycles. The van der Waals surface area contributed by atoms with Crippen molar-refractivity contribution in [2.75, 3.05) is 19.7 Å². The van der Waals surface area contributed by atoms with Crippen LogP contribution in [0.25, 0.3) is 5.52 Å². The quantitative estimate of drug-likeness (QED) is 0.884. The lowest BCUT2D eigenvalue weighted by atomic mass is 10.0. The van der Waals surface area contributed by atoms with Crippen LogP contribution in [0.2, 0.25) is 0 Å². The van der Waals surface area contributed by atoms with Gasteiger partial charge in [0.15, 0.2) is 0 Å². The minimum atomic E-state index is -0.748. The summed E-state index contributed by atoms with van der Waals surface area (Å²) >= 11 is 0. The monoisotopic (exact) mass is 346 g/mol. The lowest BCUT2D eigenvalue weighted by Gasteiger charge is -2.29. The predicted octanol–water partition coefficient (Wildman–Crippen LogP) is 1.69. The van der Waals surface area contributed by atoms with Crippen molar-refractivity contribution in [2.24, 2.45) is 0 Å². The van der Waals surface area contributed by atoms with E-state index in [1.807, 2.05) is 13.8 Å². The van der Waals surface area contributed by atoms with Gasteiger partial charge in [-0.05, 0) is 38.8 Å². The molecule has 0 spiro atoms. The predicted molar refractivity (Wildman–Crippen MR) is 90.9 cm³/mol. The highest BCUT2D eigenvalue weighted by Gasteiger charge is 2.36. The maximum Gasteiger partial charge on any atom is 0.251 e. The highest BCUT2D eigenvalue weighted by molar-refractivity contribution is 5.82. The molecule has 0 bridgehead atoms.